The molecule has 4 aromatic rings. The van der Waals surface area contributed by atoms with Gasteiger partial charge in [-0.25, -0.2) is 4.98 Å². The fourth-order valence-electron chi connectivity index (χ4n) is 3.08. The number of nitrogens with one attached hydrogen (secondary N) is 1. The minimum Gasteiger partial charge on any atom is -0.494 e. The van der Waals surface area contributed by atoms with Gasteiger partial charge >= 0.3 is 0 Å². The van der Waals surface area contributed by atoms with Gasteiger partial charge in [0.2, 0.25) is 5.91 Å². The summed E-state index contributed by atoms with van der Waals surface area (Å²) in [6.45, 7) is 0.501. The number of ether oxygens (including phenoxy) is 1. The third-order valence-electron chi connectivity index (χ3n) is 4.61. The van der Waals surface area contributed by atoms with Crippen LogP contribution < -0.4 is 10.1 Å². The van der Waals surface area contributed by atoms with Crippen LogP contribution in [0.15, 0.2) is 84.2 Å². The largest absolute Gasteiger partial charge is 0.494 e. The molecule has 4 nitrogen and oxygen atoms in total. The first-order chi connectivity index (χ1) is 15.2. The zero-order chi connectivity index (χ0) is 21.5. The highest BCUT2D eigenvalue weighted by molar-refractivity contribution is 7.13. The Bertz CT molecular complexity index is 1160. The summed E-state index contributed by atoms with van der Waals surface area (Å²) in [5, 5.41) is 6.51. The van der Waals surface area contributed by atoms with Crippen molar-refractivity contribution in [3.63, 3.8) is 0 Å². The van der Waals surface area contributed by atoms with E-state index in [-0.39, 0.29) is 5.91 Å². The summed E-state index contributed by atoms with van der Waals surface area (Å²) in [5.41, 5.74) is 3.47. The molecule has 156 valence electrons. The van der Waals surface area contributed by atoms with E-state index in [1.165, 1.54) is 0 Å². The van der Waals surface area contributed by atoms with Crippen LogP contribution in [-0.4, -0.2) is 17.5 Å². The lowest BCUT2D eigenvalue weighted by Crippen LogP contribution is -2.12. The molecule has 0 aliphatic rings. The third-order valence-corrected chi connectivity index (χ3v) is 5.82. The second kappa shape index (κ2) is 10.2. The van der Waals surface area contributed by atoms with Crippen molar-refractivity contribution in [1.82, 2.24) is 4.98 Å². The molecule has 31 heavy (non-hydrogen) atoms. The van der Waals surface area contributed by atoms with Crippen LogP contribution in [0.4, 0.5) is 5.69 Å². The number of halogens is 1. The molecule has 1 N–H and O–H groups in total. The fraction of sp³-hybridized carbons (Fsp3) is 0.120. The first-order valence-electron chi connectivity index (χ1n) is 9.97. The first kappa shape index (κ1) is 21.1. The molecule has 4 rings (SSSR count). The van der Waals surface area contributed by atoms with Gasteiger partial charge in [-0.1, -0.05) is 60.1 Å². The average Bonchev–Trinajstić information content (AvgIpc) is 3.28. The molecule has 0 fully saturated rings. The van der Waals surface area contributed by atoms with E-state index >= 15 is 0 Å². The third kappa shape index (κ3) is 5.72. The number of para-hydroxylation sites is 1. The lowest BCUT2D eigenvalue weighted by atomic mass is 10.1. The predicted octanol–water partition coefficient (Wildman–Crippen LogP) is 6.93. The molecular weight excluding hydrogens is 428 g/mol. The Labute approximate surface area is 190 Å². The van der Waals surface area contributed by atoms with Crippen molar-refractivity contribution >= 4 is 34.5 Å². The monoisotopic (exact) mass is 448 g/mol. The Morgan fingerprint density at radius 3 is 2.65 bits per heavy atom. The van der Waals surface area contributed by atoms with Gasteiger partial charge in [0, 0.05) is 28.6 Å². The molecule has 0 saturated carbocycles. The number of thiazole rings is 1. The highest BCUT2D eigenvalue weighted by Gasteiger charge is 2.10. The fourth-order valence-corrected chi connectivity index (χ4v) is 4.23. The van der Waals surface area contributed by atoms with Crippen molar-refractivity contribution in [2.75, 3.05) is 11.9 Å². The van der Waals surface area contributed by atoms with Crippen molar-refractivity contribution in [2.45, 2.75) is 12.8 Å². The van der Waals surface area contributed by atoms with Crippen LogP contribution in [0.5, 0.6) is 5.75 Å². The summed E-state index contributed by atoms with van der Waals surface area (Å²) in [4.78, 5) is 17.0. The topological polar surface area (TPSA) is 51.2 Å². The smallest absolute Gasteiger partial charge is 0.224 e. The number of benzene rings is 3. The maximum absolute atomic E-state index is 12.3. The van der Waals surface area contributed by atoms with Crippen LogP contribution in [-0.2, 0) is 4.79 Å². The van der Waals surface area contributed by atoms with E-state index in [4.69, 9.17) is 21.3 Å². The number of amides is 1. The van der Waals surface area contributed by atoms with E-state index in [9.17, 15) is 4.79 Å². The van der Waals surface area contributed by atoms with Crippen LogP contribution in [0, 0.1) is 0 Å². The van der Waals surface area contributed by atoms with E-state index in [0.29, 0.717) is 24.5 Å². The molecule has 1 heterocycles. The molecule has 0 saturated heterocycles. The Morgan fingerprint density at radius 2 is 1.81 bits per heavy atom. The normalized spacial score (nSPS) is 10.6. The second-order valence-corrected chi connectivity index (χ2v) is 8.18. The summed E-state index contributed by atoms with van der Waals surface area (Å²) >= 11 is 7.84. The Kier molecular flexibility index (Phi) is 6.97. The molecule has 0 spiro atoms. The molecular formula is C25H21ClN2O2S. The lowest BCUT2D eigenvalue weighted by molar-refractivity contribution is -0.116. The van der Waals surface area contributed by atoms with Gasteiger partial charge in [0.15, 0.2) is 0 Å². The number of hydrogen-bond acceptors (Lipinski definition) is 4. The molecule has 0 unspecified atom stereocenters. The minimum absolute atomic E-state index is 0.0381. The van der Waals surface area contributed by atoms with Crippen LogP contribution in [0.1, 0.15) is 12.8 Å². The summed E-state index contributed by atoms with van der Waals surface area (Å²) in [6, 6.07) is 25.0. The number of anilines is 1. The van der Waals surface area contributed by atoms with Crippen molar-refractivity contribution in [3.05, 3.63) is 89.3 Å². The maximum Gasteiger partial charge on any atom is 0.224 e. The van der Waals surface area contributed by atoms with Crippen molar-refractivity contribution in [3.8, 4) is 27.6 Å². The standard InChI is InChI=1S/C25H21ClN2O2S/c26-22-13-5-4-12-21(22)25-28-23(17-31-25)18-8-6-9-19(16-18)27-24(29)14-7-15-30-20-10-2-1-3-11-20/h1-6,8-13,16-17H,7,14-15H2,(H,27,29). The van der Waals surface area contributed by atoms with Crippen LogP contribution in [0.25, 0.3) is 21.8 Å². The van der Waals surface area contributed by atoms with Gasteiger partial charge in [0.05, 0.1) is 17.3 Å². The van der Waals surface area contributed by atoms with Crippen LogP contribution in [0.2, 0.25) is 5.02 Å². The SMILES string of the molecule is O=C(CCCOc1ccccc1)Nc1cccc(-c2csc(-c3ccccc3Cl)n2)c1. The summed E-state index contributed by atoms with van der Waals surface area (Å²) in [5.74, 6) is 0.777. The van der Waals surface area contributed by atoms with Crippen molar-refractivity contribution in [2.24, 2.45) is 0 Å². The van der Waals surface area contributed by atoms with Crippen LogP contribution >= 0.6 is 22.9 Å². The van der Waals surface area contributed by atoms with E-state index in [2.05, 4.69) is 5.32 Å². The van der Waals surface area contributed by atoms with Gasteiger partial charge in [-0.3, -0.25) is 4.79 Å². The maximum atomic E-state index is 12.3. The molecule has 0 aliphatic carbocycles. The van der Waals surface area contributed by atoms with Gasteiger partial charge in [-0.15, -0.1) is 11.3 Å². The van der Waals surface area contributed by atoms with E-state index in [1.807, 2.05) is 84.2 Å². The molecule has 3 aromatic carbocycles. The number of carbonyl (C=O) groups is 1. The average molecular weight is 449 g/mol. The lowest BCUT2D eigenvalue weighted by Gasteiger charge is -2.08. The summed E-state index contributed by atoms with van der Waals surface area (Å²) in [6.07, 6.45) is 1.04. The minimum atomic E-state index is -0.0381. The van der Waals surface area contributed by atoms with Gasteiger partial charge < -0.3 is 10.1 Å². The van der Waals surface area contributed by atoms with E-state index in [1.54, 1.807) is 11.3 Å². The number of nitrogens with zero attached hydrogens (tertiary/aromatic N) is 1. The van der Waals surface area contributed by atoms with Crippen molar-refractivity contribution < 1.29 is 9.53 Å². The Balaban J connectivity index is 1.34. The predicted molar refractivity (Wildman–Crippen MR) is 128 cm³/mol. The molecule has 0 bridgehead atoms. The molecule has 0 radical (unpaired) electrons. The number of aromatic nitrogens is 1. The first-order valence-corrected chi connectivity index (χ1v) is 11.2. The molecule has 1 aromatic heterocycles. The molecule has 0 atom stereocenters. The van der Waals surface area contributed by atoms with Gasteiger partial charge in [-0.05, 0) is 36.8 Å². The Morgan fingerprint density at radius 1 is 1.00 bits per heavy atom. The van der Waals surface area contributed by atoms with Crippen molar-refractivity contribution in [1.29, 1.82) is 0 Å². The number of hydrogen-bond donors (Lipinski definition) is 1. The van der Waals surface area contributed by atoms with Gasteiger partial charge in [-0.2, -0.15) is 0 Å². The van der Waals surface area contributed by atoms with E-state index < -0.39 is 0 Å². The van der Waals surface area contributed by atoms with Crippen LogP contribution in [0.3, 0.4) is 0 Å². The number of carbonyl (C=O) groups excluding carboxylic acids is 1. The summed E-state index contributed by atoms with van der Waals surface area (Å²) < 4.78 is 5.63. The zero-order valence-electron chi connectivity index (χ0n) is 16.8. The number of rotatable bonds is 8. The second-order valence-electron chi connectivity index (χ2n) is 6.91. The van der Waals surface area contributed by atoms with E-state index in [0.717, 1.165) is 33.3 Å². The van der Waals surface area contributed by atoms with Gasteiger partial charge in [0.1, 0.15) is 10.8 Å². The highest BCUT2D eigenvalue weighted by atomic mass is 35.5. The molecule has 1 amide bonds. The summed E-state index contributed by atoms with van der Waals surface area (Å²) in [7, 11) is 0. The van der Waals surface area contributed by atoms with Gasteiger partial charge in [0.25, 0.3) is 0 Å². The molecule has 0 aliphatic heterocycles. The zero-order valence-corrected chi connectivity index (χ0v) is 18.3. The quantitative estimate of drug-likeness (QED) is 0.297. The Hall–Kier alpha value is -3.15. The molecule has 6 heteroatoms. The highest BCUT2D eigenvalue weighted by Crippen LogP contribution is 2.33.